The molecule has 2 unspecified atom stereocenters. The van der Waals surface area contributed by atoms with Gasteiger partial charge in [0.2, 0.25) is 0 Å². The van der Waals surface area contributed by atoms with E-state index in [1.54, 1.807) is 0 Å². The zero-order chi connectivity index (χ0) is 22.1. The third-order valence-electron chi connectivity index (χ3n) is 6.52. The van der Waals surface area contributed by atoms with E-state index in [0.717, 1.165) is 48.9 Å². The molecule has 5 rings (SSSR count). The number of amides is 1. The number of anilines is 1. The van der Waals surface area contributed by atoms with Crippen LogP contribution in [-0.2, 0) is 0 Å². The van der Waals surface area contributed by atoms with Crippen LogP contribution < -0.4 is 15.8 Å². The quantitative estimate of drug-likeness (QED) is 0.634. The number of nitrogens with one attached hydrogen (secondary N) is 1. The van der Waals surface area contributed by atoms with Gasteiger partial charge in [0.05, 0.1) is 6.04 Å². The summed E-state index contributed by atoms with van der Waals surface area (Å²) in [7, 11) is 2.18. The molecule has 0 radical (unpaired) electrons. The SMILES string of the molecule is CN1CCCC(C2CCNc3c(C(N)=O)c(-c4ccc(Oc5ccccc5)cc4)nn32)C1. The number of aromatic nitrogens is 2. The summed E-state index contributed by atoms with van der Waals surface area (Å²) in [6.45, 7) is 3.01. The Morgan fingerprint density at radius 3 is 2.56 bits per heavy atom. The van der Waals surface area contributed by atoms with Gasteiger partial charge in [0.1, 0.15) is 28.6 Å². The Hall–Kier alpha value is -3.32. The Kier molecular flexibility index (Phi) is 5.57. The number of rotatable bonds is 5. The van der Waals surface area contributed by atoms with Gasteiger partial charge >= 0.3 is 0 Å². The van der Waals surface area contributed by atoms with Gasteiger partial charge in [-0.25, -0.2) is 4.68 Å². The van der Waals surface area contributed by atoms with Gasteiger partial charge in [0.25, 0.3) is 5.91 Å². The van der Waals surface area contributed by atoms with Gasteiger partial charge in [-0.2, -0.15) is 5.10 Å². The van der Waals surface area contributed by atoms with Crippen molar-refractivity contribution in [1.29, 1.82) is 0 Å². The molecule has 7 nitrogen and oxygen atoms in total. The molecule has 7 heteroatoms. The van der Waals surface area contributed by atoms with E-state index < -0.39 is 5.91 Å². The first-order valence-corrected chi connectivity index (χ1v) is 11.3. The average molecular weight is 432 g/mol. The highest BCUT2D eigenvalue weighted by Crippen LogP contribution is 2.39. The normalized spacial score (nSPS) is 20.9. The number of carbonyl (C=O) groups is 1. The molecule has 2 aliphatic rings. The second-order valence-corrected chi connectivity index (χ2v) is 8.77. The summed E-state index contributed by atoms with van der Waals surface area (Å²) in [5, 5.41) is 8.32. The predicted octanol–water partition coefficient (Wildman–Crippen LogP) is 4.14. The fourth-order valence-corrected chi connectivity index (χ4v) is 5.00. The first-order chi connectivity index (χ1) is 15.6. The van der Waals surface area contributed by atoms with Crippen LogP contribution in [0.15, 0.2) is 54.6 Å². The number of likely N-dealkylation sites (tertiary alicyclic amines) is 1. The molecule has 166 valence electrons. The molecule has 32 heavy (non-hydrogen) atoms. The molecule has 3 aromatic rings. The molecular weight excluding hydrogens is 402 g/mol. The predicted molar refractivity (Wildman–Crippen MR) is 125 cm³/mol. The number of carbonyl (C=O) groups excluding carboxylic acids is 1. The molecule has 0 aliphatic carbocycles. The van der Waals surface area contributed by atoms with Gasteiger partial charge in [0, 0.05) is 18.7 Å². The molecule has 0 saturated carbocycles. The number of hydrogen-bond acceptors (Lipinski definition) is 5. The first-order valence-electron chi connectivity index (χ1n) is 11.3. The van der Waals surface area contributed by atoms with E-state index in [-0.39, 0.29) is 6.04 Å². The molecule has 3 heterocycles. The highest BCUT2D eigenvalue weighted by Gasteiger charge is 2.35. The largest absolute Gasteiger partial charge is 0.457 e. The minimum absolute atomic E-state index is 0.265. The molecule has 3 N–H and O–H groups in total. The van der Waals surface area contributed by atoms with Crippen LogP contribution in [0.25, 0.3) is 11.3 Å². The minimum atomic E-state index is -0.459. The molecule has 2 aliphatic heterocycles. The molecular formula is C25H29N5O2. The number of ether oxygens (including phenoxy) is 1. The number of nitrogens with zero attached hydrogens (tertiary/aromatic N) is 3. The third kappa shape index (κ3) is 3.96. The lowest BCUT2D eigenvalue weighted by molar-refractivity contribution is 0.100. The number of fused-ring (bicyclic) bond motifs is 1. The van der Waals surface area contributed by atoms with E-state index in [1.807, 2.05) is 59.3 Å². The Bertz CT molecular complexity index is 1090. The van der Waals surface area contributed by atoms with Crippen molar-refractivity contribution in [3.63, 3.8) is 0 Å². The van der Waals surface area contributed by atoms with Crippen molar-refractivity contribution >= 4 is 11.7 Å². The summed E-state index contributed by atoms with van der Waals surface area (Å²) in [6, 6.07) is 17.6. The van der Waals surface area contributed by atoms with Crippen LogP contribution in [0.4, 0.5) is 5.82 Å². The molecule has 0 bridgehead atoms. The number of benzene rings is 2. The molecule has 2 atom stereocenters. The topological polar surface area (TPSA) is 85.4 Å². The van der Waals surface area contributed by atoms with E-state index in [4.69, 9.17) is 15.6 Å². The Morgan fingerprint density at radius 2 is 1.84 bits per heavy atom. The van der Waals surface area contributed by atoms with Crippen molar-refractivity contribution in [2.45, 2.75) is 25.3 Å². The van der Waals surface area contributed by atoms with Crippen LogP contribution in [0.3, 0.4) is 0 Å². The maximum Gasteiger partial charge on any atom is 0.254 e. The molecule has 1 fully saturated rings. The van der Waals surface area contributed by atoms with Crippen LogP contribution in [0.2, 0.25) is 0 Å². The zero-order valence-electron chi connectivity index (χ0n) is 18.3. The van der Waals surface area contributed by atoms with E-state index in [9.17, 15) is 4.79 Å². The van der Waals surface area contributed by atoms with Gasteiger partial charge in [0.15, 0.2) is 0 Å². The lowest BCUT2D eigenvalue weighted by atomic mass is 9.88. The Morgan fingerprint density at radius 1 is 1.09 bits per heavy atom. The van der Waals surface area contributed by atoms with Crippen LogP contribution in [0.5, 0.6) is 11.5 Å². The lowest BCUT2D eigenvalue weighted by Gasteiger charge is -2.37. The highest BCUT2D eigenvalue weighted by atomic mass is 16.5. The van der Waals surface area contributed by atoms with Gasteiger partial charge in [-0.05, 0) is 75.2 Å². The molecule has 2 aromatic carbocycles. The van der Waals surface area contributed by atoms with Gasteiger partial charge in [-0.15, -0.1) is 0 Å². The number of primary amides is 1. The highest BCUT2D eigenvalue weighted by molar-refractivity contribution is 6.03. The van der Waals surface area contributed by atoms with Crippen molar-refractivity contribution in [2.75, 3.05) is 32.0 Å². The first kappa shape index (κ1) is 20.6. The van der Waals surface area contributed by atoms with Crippen LogP contribution >= 0.6 is 0 Å². The van der Waals surface area contributed by atoms with Crippen LogP contribution in [0.1, 0.15) is 35.7 Å². The number of piperidine rings is 1. The van der Waals surface area contributed by atoms with E-state index in [0.29, 0.717) is 17.2 Å². The summed E-state index contributed by atoms with van der Waals surface area (Å²) in [4.78, 5) is 14.9. The molecule has 1 aromatic heterocycles. The van der Waals surface area contributed by atoms with E-state index in [1.165, 1.54) is 12.8 Å². The summed E-state index contributed by atoms with van der Waals surface area (Å²) < 4.78 is 7.93. The average Bonchev–Trinajstić information content (AvgIpc) is 3.20. The van der Waals surface area contributed by atoms with Gasteiger partial charge in [-0.1, -0.05) is 18.2 Å². The fourth-order valence-electron chi connectivity index (χ4n) is 5.00. The number of nitrogens with two attached hydrogens (primary N) is 1. The zero-order valence-corrected chi connectivity index (χ0v) is 18.3. The molecule has 1 amide bonds. The maximum absolute atomic E-state index is 12.5. The monoisotopic (exact) mass is 431 g/mol. The maximum atomic E-state index is 12.5. The fraction of sp³-hybridized carbons (Fsp3) is 0.360. The molecule has 1 saturated heterocycles. The summed E-state index contributed by atoms with van der Waals surface area (Å²) in [5.74, 6) is 2.32. The van der Waals surface area contributed by atoms with Crippen molar-refractivity contribution in [3.05, 3.63) is 60.2 Å². The van der Waals surface area contributed by atoms with Gasteiger partial charge in [-0.3, -0.25) is 4.79 Å². The summed E-state index contributed by atoms with van der Waals surface area (Å²) in [5.41, 5.74) is 7.78. The second-order valence-electron chi connectivity index (χ2n) is 8.77. The van der Waals surface area contributed by atoms with Crippen LogP contribution in [-0.4, -0.2) is 47.3 Å². The lowest BCUT2D eigenvalue weighted by Crippen LogP contribution is -2.39. The van der Waals surface area contributed by atoms with E-state index in [2.05, 4.69) is 17.3 Å². The smallest absolute Gasteiger partial charge is 0.254 e. The van der Waals surface area contributed by atoms with Crippen LogP contribution in [0, 0.1) is 5.92 Å². The number of para-hydroxylation sites is 1. The third-order valence-corrected chi connectivity index (χ3v) is 6.52. The minimum Gasteiger partial charge on any atom is -0.457 e. The summed E-state index contributed by atoms with van der Waals surface area (Å²) >= 11 is 0. The van der Waals surface area contributed by atoms with Crippen molar-refractivity contribution < 1.29 is 9.53 Å². The number of hydrogen-bond donors (Lipinski definition) is 2. The van der Waals surface area contributed by atoms with Crippen molar-refractivity contribution in [2.24, 2.45) is 11.7 Å². The molecule has 0 spiro atoms. The summed E-state index contributed by atoms with van der Waals surface area (Å²) in [6.07, 6.45) is 3.37. The van der Waals surface area contributed by atoms with Crippen molar-refractivity contribution in [1.82, 2.24) is 14.7 Å². The second kappa shape index (κ2) is 8.67. The van der Waals surface area contributed by atoms with Gasteiger partial charge < -0.3 is 20.7 Å². The Balaban J connectivity index is 1.47. The van der Waals surface area contributed by atoms with E-state index >= 15 is 0 Å². The standard InChI is InChI=1S/C25H29N5O2/c1-29-15-5-6-18(16-29)21-13-14-27-25-22(24(26)31)23(28-30(21)25)17-9-11-20(12-10-17)32-19-7-3-2-4-8-19/h2-4,7-12,18,21,27H,5-6,13-16H2,1H3,(H2,26,31). The Labute approximate surface area is 188 Å². The van der Waals surface area contributed by atoms with Crippen molar-refractivity contribution in [3.8, 4) is 22.8 Å².